The number of hydrogen-bond acceptors (Lipinski definition) is 5. The predicted molar refractivity (Wildman–Crippen MR) is 121 cm³/mol. The Labute approximate surface area is 192 Å². The van der Waals surface area contributed by atoms with E-state index in [4.69, 9.17) is 9.47 Å². The summed E-state index contributed by atoms with van der Waals surface area (Å²) in [6.07, 6.45) is 1.38. The highest BCUT2D eigenvalue weighted by Crippen LogP contribution is 2.44. The van der Waals surface area contributed by atoms with Gasteiger partial charge in [0.25, 0.3) is 0 Å². The van der Waals surface area contributed by atoms with Crippen molar-refractivity contribution in [2.75, 3.05) is 20.3 Å². The summed E-state index contributed by atoms with van der Waals surface area (Å²) in [4.78, 5) is 36.5. The Morgan fingerprint density at radius 3 is 2.27 bits per heavy atom. The molecule has 3 atom stereocenters. The molecule has 174 valence electrons. The summed E-state index contributed by atoms with van der Waals surface area (Å²) >= 11 is 0. The second-order valence-corrected chi connectivity index (χ2v) is 8.47. The molecule has 2 aromatic carbocycles. The molecule has 0 aliphatic heterocycles. The fraction of sp³-hybridized carbons (Fsp3) is 0.400. The minimum absolute atomic E-state index is 0.0452. The van der Waals surface area contributed by atoms with Crippen LogP contribution in [0.4, 0.5) is 4.79 Å². The van der Waals surface area contributed by atoms with E-state index in [2.05, 4.69) is 34.9 Å². The Bertz CT molecular complexity index is 994. The smallest absolute Gasteiger partial charge is 0.407 e. The fourth-order valence-electron chi connectivity index (χ4n) is 4.86. The van der Waals surface area contributed by atoms with Crippen molar-refractivity contribution < 1.29 is 29.0 Å². The summed E-state index contributed by atoms with van der Waals surface area (Å²) in [6, 6.07) is 14.7. The molecular weight excluding hydrogens is 424 g/mol. The molecule has 2 aliphatic rings. The highest BCUT2D eigenvalue weighted by Gasteiger charge is 2.36. The van der Waals surface area contributed by atoms with Crippen LogP contribution in [-0.2, 0) is 19.1 Å². The number of fused-ring (bicyclic) bond motifs is 3. The van der Waals surface area contributed by atoms with Crippen molar-refractivity contribution in [2.45, 2.75) is 37.3 Å². The topological polar surface area (TPSA) is 114 Å². The van der Waals surface area contributed by atoms with Crippen molar-refractivity contribution >= 4 is 18.0 Å². The van der Waals surface area contributed by atoms with E-state index in [1.165, 1.54) is 7.11 Å². The second-order valence-electron chi connectivity index (χ2n) is 8.47. The average molecular weight is 453 g/mol. The quantitative estimate of drug-likeness (QED) is 0.568. The molecule has 3 N–H and O–H groups in total. The Balaban J connectivity index is 1.36. The molecule has 2 amide bonds. The van der Waals surface area contributed by atoms with Crippen LogP contribution in [-0.4, -0.2) is 55.5 Å². The van der Waals surface area contributed by atoms with Crippen molar-refractivity contribution in [1.82, 2.24) is 10.6 Å². The molecule has 0 aromatic heterocycles. The van der Waals surface area contributed by atoms with E-state index < -0.39 is 36.0 Å². The van der Waals surface area contributed by atoms with Gasteiger partial charge in [-0.1, -0.05) is 55.0 Å². The van der Waals surface area contributed by atoms with E-state index in [0.717, 1.165) is 28.7 Å². The summed E-state index contributed by atoms with van der Waals surface area (Å²) in [5, 5.41) is 14.6. The van der Waals surface area contributed by atoms with E-state index >= 15 is 0 Å². The number of methoxy groups -OCH3 is 1. The molecule has 0 spiro atoms. The fourth-order valence-corrected chi connectivity index (χ4v) is 4.86. The van der Waals surface area contributed by atoms with Gasteiger partial charge in [0, 0.05) is 19.1 Å². The van der Waals surface area contributed by atoms with Crippen LogP contribution < -0.4 is 10.6 Å². The van der Waals surface area contributed by atoms with Gasteiger partial charge in [-0.25, -0.2) is 9.59 Å². The number of hydrogen-bond donors (Lipinski definition) is 3. The first-order valence-corrected chi connectivity index (χ1v) is 11.1. The highest BCUT2D eigenvalue weighted by atomic mass is 16.5. The molecule has 0 saturated heterocycles. The molecule has 8 nitrogen and oxygen atoms in total. The molecule has 1 unspecified atom stereocenters. The number of benzene rings is 2. The third-order valence-corrected chi connectivity index (χ3v) is 6.45. The van der Waals surface area contributed by atoms with E-state index in [9.17, 15) is 19.5 Å². The van der Waals surface area contributed by atoms with Gasteiger partial charge in [-0.2, -0.15) is 0 Å². The van der Waals surface area contributed by atoms with Crippen molar-refractivity contribution in [3.05, 3.63) is 59.7 Å². The van der Waals surface area contributed by atoms with Gasteiger partial charge in [0.05, 0.1) is 12.5 Å². The molecule has 1 fully saturated rings. The van der Waals surface area contributed by atoms with Gasteiger partial charge in [0.15, 0.2) is 6.04 Å². The minimum atomic E-state index is -1.16. The zero-order valence-electron chi connectivity index (χ0n) is 18.5. The number of carbonyl (C=O) groups is 3. The largest absolute Gasteiger partial charge is 0.480 e. The molecule has 33 heavy (non-hydrogen) atoms. The maximum atomic E-state index is 12.6. The van der Waals surface area contributed by atoms with Gasteiger partial charge in [-0.15, -0.1) is 0 Å². The summed E-state index contributed by atoms with van der Waals surface area (Å²) < 4.78 is 10.5. The first-order valence-electron chi connectivity index (χ1n) is 11.1. The summed E-state index contributed by atoms with van der Waals surface area (Å²) in [5.41, 5.74) is 4.56. The molecular formula is C25H28N2O6. The lowest BCUT2D eigenvalue weighted by Crippen LogP contribution is -2.50. The Morgan fingerprint density at radius 1 is 1.03 bits per heavy atom. The number of nitrogens with one attached hydrogen (secondary N) is 2. The monoisotopic (exact) mass is 452 g/mol. The Kier molecular flexibility index (Phi) is 6.93. The lowest BCUT2D eigenvalue weighted by molar-refractivity contribution is -0.144. The van der Waals surface area contributed by atoms with Crippen LogP contribution in [0.25, 0.3) is 11.1 Å². The molecule has 2 aromatic rings. The van der Waals surface area contributed by atoms with Gasteiger partial charge in [-0.05, 0) is 35.1 Å². The van der Waals surface area contributed by atoms with Crippen LogP contribution in [0.15, 0.2) is 48.5 Å². The first-order chi connectivity index (χ1) is 16.0. The number of amides is 2. The maximum absolute atomic E-state index is 12.6. The van der Waals surface area contributed by atoms with Crippen molar-refractivity contribution in [1.29, 1.82) is 0 Å². The lowest BCUT2D eigenvalue weighted by Gasteiger charge is -2.23. The third kappa shape index (κ3) is 4.85. The number of rotatable bonds is 8. The molecule has 8 heteroatoms. The number of carbonyl (C=O) groups excluding carboxylic acids is 2. The number of aliphatic carboxylic acids is 1. The van der Waals surface area contributed by atoms with Crippen LogP contribution in [0.2, 0.25) is 0 Å². The average Bonchev–Trinajstić information content (AvgIpc) is 3.40. The number of carboxylic acid groups (broad SMARTS) is 1. The van der Waals surface area contributed by atoms with Gasteiger partial charge < -0.3 is 25.2 Å². The van der Waals surface area contributed by atoms with Gasteiger partial charge in [0.1, 0.15) is 6.61 Å². The van der Waals surface area contributed by atoms with E-state index in [1.807, 2.05) is 24.3 Å². The zero-order chi connectivity index (χ0) is 23.4. The minimum Gasteiger partial charge on any atom is -0.480 e. The maximum Gasteiger partial charge on any atom is 0.407 e. The number of alkyl carbamates (subject to hydrolysis) is 1. The van der Waals surface area contributed by atoms with Crippen molar-refractivity contribution in [3.8, 4) is 11.1 Å². The van der Waals surface area contributed by atoms with Crippen LogP contribution in [0.5, 0.6) is 0 Å². The number of ether oxygens (including phenoxy) is 2. The standard InChI is InChI=1S/C25H28N2O6/c1-32-14-22(24(29)30)26-23(28)19-11-6-12-21(19)27-25(31)33-13-20-17-9-4-2-7-15(17)16-8-3-5-10-18(16)20/h2-5,7-10,19-22H,6,11-14H2,1H3,(H,26,28)(H,27,31)(H,29,30)/t19-,21+,22?/m1/s1. The molecule has 0 radical (unpaired) electrons. The van der Waals surface area contributed by atoms with Gasteiger partial charge in [0.2, 0.25) is 5.91 Å². The molecule has 2 aliphatic carbocycles. The summed E-state index contributed by atoms with van der Waals surface area (Å²) in [6.45, 7) is 0.0661. The zero-order valence-corrected chi connectivity index (χ0v) is 18.5. The van der Waals surface area contributed by atoms with E-state index in [0.29, 0.717) is 12.8 Å². The molecule has 0 bridgehead atoms. The summed E-state index contributed by atoms with van der Waals surface area (Å²) in [7, 11) is 1.37. The normalized spacial score (nSPS) is 19.9. The Hall–Kier alpha value is -3.39. The third-order valence-electron chi connectivity index (χ3n) is 6.45. The van der Waals surface area contributed by atoms with E-state index in [1.54, 1.807) is 0 Å². The summed E-state index contributed by atoms with van der Waals surface area (Å²) in [5.74, 6) is -2.12. The van der Waals surface area contributed by atoms with Crippen LogP contribution in [0, 0.1) is 5.92 Å². The Morgan fingerprint density at radius 2 is 1.67 bits per heavy atom. The second kappa shape index (κ2) is 10.0. The lowest BCUT2D eigenvalue weighted by atomic mass is 9.98. The predicted octanol–water partition coefficient (Wildman–Crippen LogP) is 2.91. The van der Waals surface area contributed by atoms with Gasteiger partial charge >= 0.3 is 12.1 Å². The van der Waals surface area contributed by atoms with Gasteiger partial charge in [-0.3, -0.25) is 4.79 Å². The molecule has 4 rings (SSSR count). The van der Waals surface area contributed by atoms with Crippen LogP contribution >= 0.6 is 0 Å². The first kappa shape index (κ1) is 22.8. The number of carboxylic acids is 1. The van der Waals surface area contributed by atoms with Crippen LogP contribution in [0.3, 0.4) is 0 Å². The van der Waals surface area contributed by atoms with Crippen molar-refractivity contribution in [3.63, 3.8) is 0 Å². The highest BCUT2D eigenvalue weighted by molar-refractivity contribution is 5.86. The van der Waals surface area contributed by atoms with Crippen molar-refractivity contribution in [2.24, 2.45) is 5.92 Å². The van der Waals surface area contributed by atoms with E-state index in [-0.39, 0.29) is 19.1 Å². The SMILES string of the molecule is COCC(NC(=O)[C@@H]1CCC[C@@H]1NC(=O)OCC1c2ccccc2-c2ccccc21)C(=O)O. The van der Waals surface area contributed by atoms with Crippen LogP contribution in [0.1, 0.15) is 36.3 Å². The molecule has 0 heterocycles. The molecule has 1 saturated carbocycles.